The Morgan fingerprint density at radius 2 is 1.78 bits per heavy atom. The molecule has 0 spiro atoms. The zero-order chi connectivity index (χ0) is 26.2. The molecule has 1 N–H and O–H groups in total. The number of carbonyl (C=O) groups excluding carboxylic acids is 1. The molecule has 0 radical (unpaired) electrons. The number of alkyl halides is 3. The molecule has 0 atom stereocenters. The van der Waals surface area contributed by atoms with Crippen molar-refractivity contribution in [1.29, 1.82) is 0 Å². The molecule has 1 amide bonds. The van der Waals surface area contributed by atoms with Gasteiger partial charge in [-0.1, -0.05) is 34.8 Å². The number of hydrogen-bond acceptors (Lipinski definition) is 5. The van der Waals surface area contributed by atoms with Gasteiger partial charge in [0.05, 0.1) is 16.5 Å². The third kappa shape index (κ3) is 4.89. The van der Waals surface area contributed by atoms with Crippen molar-refractivity contribution in [1.82, 2.24) is 14.5 Å². The summed E-state index contributed by atoms with van der Waals surface area (Å²) in [7, 11) is 1.53. The minimum Gasteiger partial charge on any atom is -0.357 e. The Kier molecular flexibility index (Phi) is 6.84. The van der Waals surface area contributed by atoms with Crippen molar-refractivity contribution in [3.05, 3.63) is 82.1 Å². The van der Waals surface area contributed by atoms with E-state index in [1.165, 1.54) is 29.8 Å². The van der Waals surface area contributed by atoms with E-state index < -0.39 is 30.6 Å². The van der Waals surface area contributed by atoms with E-state index in [1.54, 1.807) is 30.3 Å². The average molecular weight is 615 g/mol. The minimum atomic E-state index is -3.01. The Morgan fingerprint density at radius 1 is 1.05 bits per heavy atom. The molecule has 0 aliphatic carbocycles. The molecule has 0 saturated carbocycles. The number of rotatable bonds is 6. The van der Waals surface area contributed by atoms with Crippen molar-refractivity contribution in [2.24, 2.45) is 7.05 Å². The molecular weight excluding hydrogens is 591 g/mol. The van der Waals surface area contributed by atoms with Gasteiger partial charge in [0, 0.05) is 31.3 Å². The van der Waals surface area contributed by atoms with Gasteiger partial charge in [-0.2, -0.15) is 8.78 Å². The Bertz CT molecular complexity index is 1580. The van der Waals surface area contributed by atoms with Crippen LogP contribution in [0.15, 0.2) is 65.5 Å². The van der Waals surface area contributed by atoms with Crippen LogP contribution < -0.4 is 15.8 Å². The molecule has 0 bridgehead atoms. The molecule has 3 heterocycles. The number of anilines is 2. The van der Waals surface area contributed by atoms with Gasteiger partial charge < -0.3 is 10.2 Å². The molecular formula is C27H24F2IN5O2. The van der Waals surface area contributed by atoms with E-state index in [4.69, 9.17) is 0 Å². The first-order valence-corrected chi connectivity index (χ1v) is 14.3. The number of hydrogen-bond donors (Lipinski definition) is 1. The van der Waals surface area contributed by atoms with Crippen molar-refractivity contribution in [3.63, 3.8) is 0 Å². The average Bonchev–Trinajstić information content (AvgIpc) is 3.46. The number of aromatic nitrogens is 3. The maximum absolute atomic E-state index is 14.4. The van der Waals surface area contributed by atoms with Crippen molar-refractivity contribution in [3.8, 4) is 11.4 Å². The van der Waals surface area contributed by atoms with Crippen LogP contribution in [0.2, 0.25) is 0 Å². The highest BCUT2D eigenvalue weighted by molar-refractivity contribution is 14.2. The van der Waals surface area contributed by atoms with Crippen LogP contribution in [0.1, 0.15) is 28.8 Å². The third-order valence-electron chi connectivity index (χ3n) is 6.37. The van der Waals surface area contributed by atoms with Crippen LogP contribution in [0, 0.1) is 0 Å². The molecule has 1 saturated heterocycles. The number of pyridine rings is 1. The van der Waals surface area contributed by atoms with Gasteiger partial charge in [-0.15, -0.1) is 0 Å². The molecule has 2 aromatic carbocycles. The summed E-state index contributed by atoms with van der Waals surface area (Å²) in [5, 5.41) is 3.07. The zero-order valence-electron chi connectivity index (χ0n) is 20.0. The van der Waals surface area contributed by atoms with Crippen molar-refractivity contribution >= 4 is 53.7 Å². The largest absolute Gasteiger partial charge is 0.357 e. The number of halogens is 3. The van der Waals surface area contributed by atoms with Crippen LogP contribution in [0.4, 0.5) is 20.4 Å². The third-order valence-corrected chi connectivity index (χ3v) is 7.95. The molecule has 1 fully saturated rings. The normalized spacial score (nSPS) is 13.8. The van der Waals surface area contributed by atoms with Gasteiger partial charge in [0.15, 0.2) is 0 Å². The fourth-order valence-corrected chi connectivity index (χ4v) is 5.22. The summed E-state index contributed by atoms with van der Waals surface area (Å²) in [6, 6.07) is 16.0. The fraction of sp³-hybridized carbons (Fsp3) is 0.222. The molecule has 7 nitrogen and oxygen atoms in total. The molecule has 1 aliphatic rings. The lowest BCUT2D eigenvalue weighted by Crippen LogP contribution is -2.23. The second-order valence-electron chi connectivity index (χ2n) is 8.74. The minimum absolute atomic E-state index is 0.169. The van der Waals surface area contributed by atoms with Crippen LogP contribution in [-0.2, 0) is 11.0 Å². The van der Waals surface area contributed by atoms with Crippen LogP contribution in [-0.4, -0.2) is 38.0 Å². The van der Waals surface area contributed by atoms with Gasteiger partial charge in [0.2, 0.25) is 0 Å². The monoisotopic (exact) mass is 615 g/mol. The first kappa shape index (κ1) is 25.1. The van der Waals surface area contributed by atoms with E-state index in [0.717, 1.165) is 31.7 Å². The van der Waals surface area contributed by atoms with Crippen LogP contribution in [0.3, 0.4) is 0 Å². The maximum atomic E-state index is 14.4. The summed E-state index contributed by atoms with van der Waals surface area (Å²) < 4.78 is 30.4. The number of para-hydroxylation sites is 1. The Balaban J connectivity index is 1.56. The predicted molar refractivity (Wildman–Crippen MR) is 151 cm³/mol. The molecule has 2 aromatic heterocycles. The van der Waals surface area contributed by atoms with E-state index in [1.807, 2.05) is 12.1 Å². The number of fused-ring (bicyclic) bond motifs is 1. The summed E-state index contributed by atoms with van der Waals surface area (Å²) in [4.78, 5) is 37.9. The van der Waals surface area contributed by atoms with Gasteiger partial charge >= 0.3 is 3.93 Å². The lowest BCUT2D eigenvalue weighted by Gasteiger charge is -2.17. The van der Waals surface area contributed by atoms with E-state index in [0.29, 0.717) is 11.4 Å². The SMILES string of the molecule is C=IC(F)(F)c1cccc(-c2nc3c(C(=O)Nc4cccc(N5CCCC5)n4)cccc3c(=O)n2C)c1. The highest BCUT2D eigenvalue weighted by atomic mass is 127. The predicted octanol–water partition coefficient (Wildman–Crippen LogP) is 5.30. The quantitative estimate of drug-likeness (QED) is 0.235. The topological polar surface area (TPSA) is 80.1 Å². The van der Waals surface area contributed by atoms with Gasteiger partial charge in [0.1, 0.15) is 17.5 Å². The smallest absolute Gasteiger partial charge is 0.316 e. The van der Waals surface area contributed by atoms with E-state index >= 15 is 0 Å². The zero-order valence-corrected chi connectivity index (χ0v) is 22.2. The molecule has 10 heteroatoms. The van der Waals surface area contributed by atoms with Crippen molar-refractivity contribution < 1.29 is 13.6 Å². The number of benzene rings is 2. The molecule has 1 aliphatic heterocycles. The highest BCUT2D eigenvalue weighted by Gasteiger charge is 2.28. The first-order chi connectivity index (χ1) is 17.8. The van der Waals surface area contributed by atoms with Crippen LogP contribution in [0.25, 0.3) is 22.3 Å². The number of nitrogens with one attached hydrogen (secondary N) is 1. The molecule has 5 rings (SSSR count). The number of amides is 1. The van der Waals surface area contributed by atoms with E-state index in [9.17, 15) is 18.4 Å². The molecule has 0 unspecified atom stereocenters. The fourth-order valence-electron chi connectivity index (χ4n) is 4.45. The van der Waals surface area contributed by atoms with E-state index in [2.05, 4.69) is 24.7 Å². The molecule has 4 aromatic rings. The molecule has 37 heavy (non-hydrogen) atoms. The summed E-state index contributed by atoms with van der Waals surface area (Å²) >= 11 is -1.62. The van der Waals surface area contributed by atoms with Crippen LogP contribution in [0.5, 0.6) is 0 Å². The lowest BCUT2D eigenvalue weighted by atomic mass is 10.1. The van der Waals surface area contributed by atoms with Crippen molar-refractivity contribution in [2.75, 3.05) is 23.3 Å². The second-order valence-corrected chi connectivity index (χ2v) is 10.9. The summed E-state index contributed by atoms with van der Waals surface area (Å²) in [6.45, 7) is 1.85. The Hall–Kier alpha value is -3.54. The molecule has 190 valence electrons. The Morgan fingerprint density at radius 3 is 2.54 bits per heavy atom. The number of carbonyl (C=O) groups is 1. The van der Waals surface area contributed by atoms with E-state index in [-0.39, 0.29) is 33.4 Å². The number of nitrogens with zero attached hydrogens (tertiary/aromatic N) is 4. The summed E-state index contributed by atoms with van der Waals surface area (Å²) in [5.41, 5.74) is 0.180. The second kappa shape index (κ2) is 10.1. The first-order valence-electron chi connectivity index (χ1n) is 11.7. The van der Waals surface area contributed by atoms with Crippen molar-refractivity contribution in [2.45, 2.75) is 16.8 Å². The highest BCUT2D eigenvalue weighted by Crippen LogP contribution is 2.39. The van der Waals surface area contributed by atoms with Gasteiger partial charge in [-0.25, -0.2) is 9.97 Å². The van der Waals surface area contributed by atoms with Gasteiger partial charge in [-0.3, -0.25) is 14.2 Å². The van der Waals surface area contributed by atoms with Crippen LogP contribution >= 0.6 is 20.7 Å². The van der Waals surface area contributed by atoms with Gasteiger partial charge in [-0.05, 0) is 63.9 Å². The lowest BCUT2D eigenvalue weighted by molar-refractivity contribution is 0.102. The summed E-state index contributed by atoms with van der Waals surface area (Å²) in [6.07, 6.45) is 2.21. The Labute approximate surface area is 221 Å². The maximum Gasteiger partial charge on any atom is 0.316 e. The van der Waals surface area contributed by atoms with Gasteiger partial charge in [0.25, 0.3) is 11.5 Å². The summed E-state index contributed by atoms with van der Waals surface area (Å²) in [5.74, 6) is 0.906. The standard InChI is InChI=1S/C27H24F2IN5O2/c1-30-27(28,29)18-9-5-8-17(16-18)24-33-23-19(10-6-11-20(23)26(37)34(24)2)25(36)32-21-12-7-13-22(31-21)35-14-3-4-15-35/h5-13,16H,1,3-4,14-15H2,2H3,(H,31,32,36).